The molecule has 0 aliphatic rings. The smallest absolute Gasteiger partial charge is 0.234 e. The first-order valence-electron chi connectivity index (χ1n) is 9.35. The molecule has 1 N–H and O–H groups in total. The molecule has 0 radical (unpaired) electrons. The standard InChI is InChI=1S/C22H23ClN4O2S/c1-4-11-27-20(12-16-6-9-18(29-3)10-7-16)25-26-22(27)30-14-21(28)24-17-8-5-15(2)19(23)13-17/h4-10,13H,1,11-12,14H2,2-3H3,(H,24,28). The molecule has 0 bridgehead atoms. The summed E-state index contributed by atoms with van der Waals surface area (Å²) in [5.41, 5.74) is 2.73. The second-order valence-electron chi connectivity index (χ2n) is 6.62. The number of nitrogens with zero attached hydrogens (tertiary/aromatic N) is 3. The van der Waals surface area contributed by atoms with Crippen molar-refractivity contribution in [2.75, 3.05) is 18.2 Å². The van der Waals surface area contributed by atoms with Crippen LogP contribution in [0.2, 0.25) is 5.02 Å². The van der Waals surface area contributed by atoms with Crippen molar-refractivity contribution in [3.05, 3.63) is 77.1 Å². The average Bonchev–Trinajstić information content (AvgIpc) is 3.11. The van der Waals surface area contributed by atoms with Crippen molar-refractivity contribution < 1.29 is 9.53 Å². The highest BCUT2D eigenvalue weighted by molar-refractivity contribution is 7.99. The molecule has 156 valence electrons. The molecule has 0 saturated carbocycles. The normalized spacial score (nSPS) is 10.6. The highest BCUT2D eigenvalue weighted by Gasteiger charge is 2.14. The summed E-state index contributed by atoms with van der Waals surface area (Å²) < 4.78 is 7.17. The van der Waals surface area contributed by atoms with Gasteiger partial charge in [0.05, 0.1) is 12.9 Å². The molecule has 0 aliphatic carbocycles. The van der Waals surface area contributed by atoms with Crippen molar-refractivity contribution in [3.63, 3.8) is 0 Å². The molecule has 0 spiro atoms. The lowest BCUT2D eigenvalue weighted by atomic mass is 10.1. The highest BCUT2D eigenvalue weighted by atomic mass is 35.5. The van der Waals surface area contributed by atoms with E-state index >= 15 is 0 Å². The number of allylic oxidation sites excluding steroid dienone is 1. The van der Waals surface area contributed by atoms with Crippen LogP contribution in [0.3, 0.4) is 0 Å². The van der Waals surface area contributed by atoms with E-state index in [9.17, 15) is 4.79 Å². The van der Waals surface area contributed by atoms with Crippen molar-refractivity contribution in [1.29, 1.82) is 0 Å². The number of methoxy groups -OCH3 is 1. The Morgan fingerprint density at radius 3 is 2.70 bits per heavy atom. The van der Waals surface area contributed by atoms with E-state index in [4.69, 9.17) is 16.3 Å². The Balaban J connectivity index is 1.65. The minimum Gasteiger partial charge on any atom is -0.497 e. The maximum atomic E-state index is 12.3. The SMILES string of the molecule is C=CCn1c(Cc2ccc(OC)cc2)nnc1SCC(=O)Nc1ccc(C)c(Cl)c1. The number of carbonyl (C=O) groups excluding carboxylic acids is 1. The van der Waals surface area contributed by atoms with Crippen molar-refractivity contribution in [3.8, 4) is 5.75 Å². The molecule has 0 saturated heterocycles. The van der Waals surface area contributed by atoms with Gasteiger partial charge in [0, 0.05) is 23.7 Å². The summed E-state index contributed by atoms with van der Waals surface area (Å²) >= 11 is 7.45. The van der Waals surface area contributed by atoms with Crippen LogP contribution >= 0.6 is 23.4 Å². The number of halogens is 1. The molecule has 8 heteroatoms. The number of benzene rings is 2. The molecule has 1 aromatic heterocycles. The van der Waals surface area contributed by atoms with Gasteiger partial charge in [0.1, 0.15) is 11.6 Å². The molecule has 1 amide bonds. The average molecular weight is 443 g/mol. The van der Waals surface area contributed by atoms with Crippen LogP contribution in [0.25, 0.3) is 0 Å². The molecule has 6 nitrogen and oxygen atoms in total. The number of aromatic nitrogens is 3. The number of thioether (sulfide) groups is 1. The molecular weight excluding hydrogens is 420 g/mol. The molecule has 3 aromatic rings. The van der Waals surface area contributed by atoms with Gasteiger partial charge in [0.25, 0.3) is 0 Å². The molecule has 0 aliphatic heterocycles. The Morgan fingerprint density at radius 2 is 2.03 bits per heavy atom. The van der Waals surface area contributed by atoms with E-state index in [1.165, 1.54) is 11.8 Å². The summed E-state index contributed by atoms with van der Waals surface area (Å²) in [4.78, 5) is 12.3. The lowest BCUT2D eigenvalue weighted by Gasteiger charge is -2.09. The van der Waals surface area contributed by atoms with E-state index in [1.807, 2.05) is 47.9 Å². The summed E-state index contributed by atoms with van der Waals surface area (Å²) in [6, 6.07) is 13.3. The van der Waals surface area contributed by atoms with E-state index in [0.717, 1.165) is 22.7 Å². The Hall–Kier alpha value is -2.77. The number of hydrogen-bond acceptors (Lipinski definition) is 5. The molecule has 1 heterocycles. The van der Waals surface area contributed by atoms with Crippen LogP contribution in [0.4, 0.5) is 5.69 Å². The number of ether oxygens (including phenoxy) is 1. The molecule has 3 rings (SSSR count). The maximum absolute atomic E-state index is 12.3. The summed E-state index contributed by atoms with van der Waals surface area (Å²) in [5, 5.41) is 12.7. The Kier molecular flexibility index (Phi) is 7.54. The third-order valence-corrected chi connectivity index (χ3v) is 5.79. The van der Waals surface area contributed by atoms with Crippen molar-refractivity contribution in [2.45, 2.75) is 25.0 Å². The molecular formula is C22H23ClN4O2S. The number of nitrogens with one attached hydrogen (secondary N) is 1. The Labute approximate surface area is 185 Å². The maximum Gasteiger partial charge on any atom is 0.234 e. The number of amides is 1. The van der Waals surface area contributed by atoms with Gasteiger partial charge in [0.2, 0.25) is 5.91 Å². The lowest BCUT2D eigenvalue weighted by molar-refractivity contribution is -0.113. The van der Waals surface area contributed by atoms with E-state index in [0.29, 0.717) is 28.8 Å². The van der Waals surface area contributed by atoms with E-state index < -0.39 is 0 Å². The number of rotatable bonds is 9. The van der Waals surface area contributed by atoms with E-state index in [2.05, 4.69) is 22.1 Å². The van der Waals surface area contributed by atoms with Crippen molar-refractivity contribution >= 4 is 35.0 Å². The quantitative estimate of drug-likeness (QED) is 0.382. The number of carbonyl (C=O) groups is 1. The first kappa shape index (κ1) is 21.9. The highest BCUT2D eigenvalue weighted by Crippen LogP contribution is 2.22. The van der Waals surface area contributed by atoms with Crippen LogP contribution < -0.4 is 10.1 Å². The van der Waals surface area contributed by atoms with Crippen LogP contribution in [0, 0.1) is 6.92 Å². The van der Waals surface area contributed by atoms with Crippen LogP contribution in [-0.4, -0.2) is 33.5 Å². The minimum atomic E-state index is -0.134. The fourth-order valence-corrected chi connectivity index (χ4v) is 3.74. The largest absolute Gasteiger partial charge is 0.497 e. The van der Waals surface area contributed by atoms with Crippen LogP contribution in [0.1, 0.15) is 17.0 Å². The second-order valence-corrected chi connectivity index (χ2v) is 7.97. The predicted octanol–water partition coefficient (Wildman–Crippen LogP) is 4.76. The number of hydrogen-bond donors (Lipinski definition) is 1. The van der Waals surface area contributed by atoms with Crippen LogP contribution in [0.5, 0.6) is 5.75 Å². The van der Waals surface area contributed by atoms with Crippen LogP contribution in [-0.2, 0) is 17.8 Å². The van der Waals surface area contributed by atoms with Crippen molar-refractivity contribution in [1.82, 2.24) is 14.8 Å². The van der Waals surface area contributed by atoms with E-state index in [-0.39, 0.29) is 11.7 Å². The second kappa shape index (κ2) is 10.3. The van der Waals surface area contributed by atoms with E-state index in [1.54, 1.807) is 19.3 Å². The van der Waals surface area contributed by atoms with Gasteiger partial charge in [-0.25, -0.2) is 0 Å². The lowest BCUT2D eigenvalue weighted by Crippen LogP contribution is -2.15. The zero-order valence-corrected chi connectivity index (χ0v) is 18.5. The monoisotopic (exact) mass is 442 g/mol. The molecule has 0 atom stereocenters. The molecule has 2 aromatic carbocycles. The zero-order valence-electron chi connectivity index (χ0n) is 16.9. The van der Waals surface area contributed by atoms with Crippen molar-refractivity contribution in [2.24, 2.45) is 0 Å². The third kappa shape index (κ3) is 5.64. The fourth-order valence-electron chi connectivity index (χ4n) is 2.79. The van der Waals surface area contributed by atoms with Gasteiger partial charge in [-0.1, -0.05) is 47.6 Å². The molecule has 30 heavy (non-hydrogen) atoms. The first-order chi connectivity index (χ1) is 14.5. The minimum absolute atomic E-state index is 0.134. The first-order valence-corrected chi connectivity index (χ1v) is 10.7. The van der Waals surface area contributed by atoms with Gasteiger partial charge < -0.3 is 14.6 Å². The van der Waals surface area contributed by atoms with Gasteiger partial charge in [-0.05, 0) is 42.3 Å². The van der Waals surface area contributed by atoms with Gasteiger partial charge in [-0.3, -0.25) is 4.79 Å². The Morgan fingerprint density at radius 1 is 1.27 bits per heavy atom. The summed E-state index contributed by atoms with van der Waals surface area (Å²) in [6.07, 6.45) is 2.42. The van der Waals surface area contributed by atoms with Gasteiger partial charge >= 0.3 is 0 Å². The van der Waals surface area contributed by atoms with Gasteiger partial charge in [-0.2, -0.15) is 0 Å². The summed E-state index contributed by atoms with van der Waals surface area (Å²) in [6.45, 7) is 6.30. The molecule has 0 fully saturated rings. The zero-order chi connectivity index (χ0) is 21.5. The number of aryl methyl sites for hydroxylation is 1. The van der Waals surface area contributed by atoms with Crippen LogP contribution in [0.15, 0.2) is 60.3 Å². The van der Waals surface area contributed by atoms with Gasteiger partial charge in [0.15, 0.2) is 5.16 Å². The molecule has 0 unspecified atom stereocenters. The fraction of sp³-hybridized carbons (Fsp3) is 0.227. The van der Waals surface area contributed by atoms with Gasteiger partial charge in [-0.15, -0.1) is 16.8 Å². The predicted molar refractivity (Wildman–Crippen MR) is 122 cm³/mol. The topological polar surface area (TPSA) is 69.0 Å². The number of anilines is 1. The summed E-state index contributed by atoms with van der Waals surface area (Å²) in [7, 11) is 1.64. The Bertz CT molecular complexity index is 1030. The summed E-state index contributed by atoms with van der Waals surface area (Å²) in [5.74, 6) is 1.70. The third-order valence-electron chi connectivity index (χ3n) is 4.41.